The quantitative estimate of drug-likeness (QED) is 0.409. The van der Waals surface area contributed by atoms with Gasteiger partial charge in [-0.3, -0.25) is 20.3 Å². The van der Waals surface area contributed by atoms with E-state index in [9.17, 15) is 4.79 Å². The Morgan fingerprint density at radius 1 is 1.13 bits per heavy atom. The maximum absolute atomic E-state index is 13.1. The number of rotatable bonds is 6. The van der Waals surface area contributed by atoms with E-state index in [0.29, 0.717) is 29.1 Å². The number of nitrogens with one attached hydrogen (secondary N) is 3. The molecule has 31 heavy (non-hydrogen) atoms. The van der Waals surface area contributed by atoms with Crippen molar-refractivity contribution in [2.45, 2.75) is 43.9 Å². The Morgan fingerprint density at radius 2 is 1.87 bits per heavy atom. The average molecular weight is 435 g/mol. The third-order valence-corrected chi connectivity index (χ3v) is 6.12. The van der Waals surface area contributed by atoms with E-state index < -0.39 is 0 Å². The lowest BCUT2D eigenvalue weighted by Crippen LogP contribution is -2.47. The summed E-state index contributed by atoms with van der Waals surface area (Å²) >= 11 is 5.33. The van der Waals surface area contributed by atoms with Gasteiger partial charge < -0.3 is 5.32 Å². The zero-order valence-electron chi connectivity index (χ0n) is 17.5. The predicted octanol–water partition coefficient (Wildman–Crippen LogP) is 3.07. The summed E-state index contributed by atoms with van der Waals surface area (Å²) in [6, 6.07) is 12.1. The van der Waals surface area contributed by atoms with Crippen LogP contribution in [0.4, 0.5) is 0 Å². The topological polar surface area (TPSA) is 83.9 Å². The lowest BCUT2D eigenvalue weighted by atomic mass is 10.1. The van der Waals surface area contributed by atoms with Gasteiger partial charge in [0, 0.05) is 31.1 Å². The number of thiocarbonyl (C=S) groups is 1. The Hall–Kier alpha value is -3.00. The summed E-state index contributed by atoms with van der Waals surface area (Å²) in [5.41, 5.74) is 10.2. The van der Waals surface area contributed by atoms with Crippen molar-refractivity contribution in [3.8, 4) is 0 Å². The summed E-state index contributed by atoms with van der Waals surface area (Å²) < 4.78 is 1.81. The van der Waals surface area contributed by atoms with Gasteiger partial charge in [0.2, 0.25) is 0 Å². The molecule has 3 aromatic rings. The van der Waals surface area contributed by atoms with Crippen LogP contribution in [0.2, 0.25) is 0 Å². The van der Waals surface area contributed by atoms with Gasteiger partial charge in [0.25, 0.3) is 5.91 Å². The molecule has 0 spiro atoms. The van der Waals surface area contributed by atoms with Crippen molar-refractivity contribution >= 4 is 34.3 Å². The number of carbonyl (C=O) groups is 1. The molecule has 0 bridgehead atoms. The van der Waals surface area contributed by atoms with Crippen LogP contribution in [-0.4, -0.2) is 32.3 Å². The largest absolute Gasteiger partial charge is 0.361 e. The highest BCUT2D eigenvalue weighted by Crippen LogP contribution is 2.45. The lowest BCUT2D eigenvalue weighted by Gasteiger charge is -2.13. The van der Waals surface area contributed by atoms with Crippen LogP contribution in [0, 0.1) is 0 Å². The molecule has 2 aliphatic carbocycles. The molecule has 0 radical (unpaired) electrons. The first kappa shape index (κ1) is 19.9. The zero-order chi connectivity index (χ0) is 21.4. The fourth-order valence-corrected chi connectivity index (χ4v) is 4.05. The van der Waals surface area contributed by atoms with Gasteiger partial charge in [-0.1, -0.05) is 30.3 Å². The predicted molar refractivity (Wildman–Crippen MR) is 124 cm³/mol. The minimum absolute atomic E-state index is 0.212. The van der Waals surface area contributed by atoms with Crippen molar-refractivity contribution in [3.63, 3.8) is 0 Å². The Morgan fingerprint density at radius 3 is 2.58 bits per heavy atom. The molecule has 7 nitrogen and oxygen atoms in total. The summed E-state index contributed by atoms with van der Waals surface area (Å²) in [5.74, 6) is 0.665. The van der Waals surface area contributed by atoms with E-state index in [1.807, 2.05) is 36.0 Å². The van der Waals surface area contributed by atoms with E-state index in [4.69, 9.17) is 22.3 Å². The average Bonchev–Trinajstić information content (AvgIpc) is 3.70. The molecule has 2 aliphatic rings. The van der Waals surface area contributed by atoms with Crippen LogP contribution < -0.4 is 16.2 Å². The number of carbonyl (C=O) groups excluding carboxylic acids is 1. The first-order valence-corrected chi connectivity index (χ1v) is 11.3. The Bertz CT molecular complexity index is 1130. The van der Waals surface area contributed by atoms with Gasteiger partial charge in [0.1, 0.15) is 0 Å². The highest BCUT2D eigenvalue weighted by atomic mass is 32.1. The van der Waals surface area contributed by atoms with Crippen LogP contribution >= 0.6 is 12.2 Å². The van der Waals surface area contributed by atoms with Crippen LogP contribution in [0.25, 0.3) is 11.0 Å². The van der Waals surface area contributed by atoms with E-state index in [1.54, 1.807) is 0 Å². The molecule has 0 saturated heterocycles. The maximum atomic E-state index is 13.1. The Labute approximate surface area is 186 Å². The number of hydrogen-bond acceptors (Lipinski definition) is 4. The molecule has 2 heterocycles. The van der Waals surface area contributed by atoms with Gasteiger partial charge in [-0.15, -0.1) is 0 Å². The maximum Gasteiger partial charge on any atom is 0.270 e. The number of fused-ring (bicyclic) bond motifs is 1. The number of aromatic nitrogens is 3. The molecule has 5 rings (SSSR count). The summed E-state index contributed by atoms with van der Waals surface area (Å²) in [6.45, 7) is 0.686. The number of nitrogens with zero attached hydrogens (tertiary/aromatic N) is 3. The third-order valence-electron chi connectivity index (χ3n) is 5.88. The molecular weight excluding hydrogens is 408 g/mol. The molecule has 1 aromatic carbocycles. The fraction of sp³-hybridized carbons (Fsp3) is 0.391. The normalized spacial score (nSPS) is 15.6. The monoisotopic (exact) mass is 434 g/mol. The van der Waals surface area contributed by atoms with Crippen molar-refractivity contribution in [2.75, 3.05) is 6.54 Å². The highest BCUT2D eigenvalue weighted by molar-refractivity contribution is 7.80. The fourth-order valence-electron chi connectivity index (χ4n) is 3.90. The lowest BCUT2D eigenvalue weighted by molar-refractivity contribution is 0.0945. The Kier molecular flexibility index (Phi) is 5.31. The summed E-state index contributed by atoms with van der Waals surface area (Å²) in [4.78, 5) is 18.0. The second-order valence-electron chi connectivity index (χ2n) is 8.42. The van der Waals surface area contributed by atoms with E-state index >= 15 is 0 Å². The third kappa shape index (κ3) is 4.39. The second kappa shape index (κ2) is 8.26. The number of pyridine rings is 1. The highest BCUT2D eigenvalue weighted by Gasteiger charge is 2.33. The first-order valence-electron chi connectivity index (χ1n) is 10.9. The number of hydrogen-bond donors (Lipinski definition) is 3. The summed E-state index contributed by atoms with van der Waals surface area (Å²) in [7, 11) is 1.91. The van der Waals surface area contributed by atoms with Crippen LogP contribution in [0.3, 0.4) is 0 Å². The number of aryl methyl sites for hydroxylation is 1. The van der Waals surface area contributed by atoms with Gasteiger partial charge in [0.05, 0.1) is 16.6 Å². The van der Waals surface area contributed by atoms with Crippen LogP contribution in [0.15, 0.2) is 36.4 Å². The van der Waals surface area contributed by atoms with Crippen molar-refractivity contribution < 1.29 is 4.79 Å². The summed E-state index contributed by atoms with van der Waals surface area (Å²) in [5, 5.41) is 9.10. The molecule has 8 heteroatoms. The van der Waals surface area contributed by atoms with Crippen molar-refractivity contribution in [1.82, 2.24) is 30.9 Å². The zero-order valence-corrected chi connectivity index (χ0v) is 18.3. The van der Waals surface area contributed by atoms with Crippen LogP contribution in [0.1, 0.15) is 64.8 Å². The van der Waals surface area contributed by atoms with E-state index in [-0.39, 0.29) is 5.91 Å². The van der Waals surface area contributed by atoms with Crippen LogP contribution in [-0.2, 0) is 13.5 Å². The second-order valence-corrected chi connectivity index (χ2v) is 8.83. The molecule has 0 atom stereocenters. The minimum Gasteiger partial charge on any atom is -0.361 e. The van der Waals surface area contributed by atoms with Crippen LogP contribution in [0.5, 0.6) is 0 Å². The molecule has 2 saturated carbocycles. The number of hydrazine groups is 1. The molecule has 2 aromatic heterocycles. The van der Waals surface area contributed by atoms with Gasteiger partial charge in [-0.25, -0.2) is 4.98 Å². The van der Waals surface area contributed by atoms with E-state index in [2.05, 4.69) is 28.3 Å². The van der Waals surface area contributed by atoms with Gasteiger partial charge in [-0.2, -0.15) is 5.10 Å². The molecule has 1 amide bonds. The number of benzene rings is 1. The van der Waals surface area contributed by atoms with E-state index in [1.165, 1.54) is 5.56 Å². The SMILES string of the molecule is Cn1nc(C2CC2)c2c(C(=O)NNC(=S)NCCc3ccccc3)cc(C3CC3)nc21. The van der Waals surface area contributed by atoms with Crippen molar-refractivity contribution in [1.29, 1.82) is 0 Å². The summed E-state index contributed by atoms with van der Waals surface area (Å²) in [6.07, 6.45) is 5.34. The standard InChI is InChI=1S/C23H26N6OS/c1-29-21-19(20(28-29)16-9-10-16)17(13-18(25-21)15-7-8-15)22(30)26-27-23(31)24-12-11-14-5-3-2-4-6-14/h2-6,13,15-16H,7-12H2,1H3,(H,26,30)(H2,24,27,31). The van der Waals surface area contributed by atoms with Gasteiger partial charge in [-0.05, 0) is 56.0 Å². The molecule has 0 aliphatic heterocycles. The smallest absolute Gasteiger partial charge is 0.270 e. The van der Waals surface area contributed by atoms with E-state index in [0.717, 1.165) is 54.5 Å². The number of amides is 1. The first-order chi connectivity index (χ1) is 15.1. The molecule has 2 fully saturated rings. The van der Waals surface area contributed by atoms with Crippen molar-refractivity contribution in [2.24, 2.45) is 7.05 Å². The van der Waals surface area contributed by atoms with Gasteiger partial charge in [0.15, 0.2) is 10.8 Å². The Balaban J connectivity index is 1.28. The molecule has 0 unspecified atom stereocenters. The molecule has 160 valence electrons. The van der Waals surface area contributed by atoms with Crippen molar-refractivity contribution in [3.05, 3.63) is 58.9 Å². The van der Waals surface area contributed by atoms with Gasteiger partial charge >= 0.3 is 0 Å². The molecular formula is C23H26N6OS. The minimum atomic E-state index is -0.212. The molecule has 3 N–H and O–H groups in total.